The van der Waals surface area contributed by atoms with Gasteiger partial charge in [-0.1, -0.05) is 17.2 Å². The number of carbonyl (C=O) groups is 2. The molecule has 0 spiro atoms. The van der Waals surface area contributed by atoms with Gasteiger partial charge in [0.15, 0.2) is 0 Å². The Bertz CT molecular complexity index is 695. The molecule has 2 rings (SSSR count). The molecule has 0 radical (unpaired) electrons. The summed E-state index contributed by atoms with van der Waals surface area (Å²) < 4.78 is 38.2. The predicted molar refractivity (Wildman–Crippen MR) is 79.7 cm³/mol. The fourth-order valence-electron chi connectivity index (χ4n) is 2.82. The molecule has 1 aromatic rings. The third kappa shape index (κ3) is 3.96. The largest absolute Gasteiger partial charge is 0.550 e. The minimum absolute atomic E-state index is 0.0177. The highest BCUT2D eigenvalue weighted by atomic mass is 19.4. The molecule has 0 heterocycles. The van der Waals surface area contributed by atoms with E-state index in [0.29, 0.717) is 0 Å². The van der Waals surface area contributed by atoms with Crippen LogP contribution in [0, 0.1) is 11.8 Å². The van der Waals surface area contributed by atoms with Crippen LogP contribution in [-0.4, -0.2) is 11.9 Å². The van der Waals surface area contributed by atoms with E-state index in [1.807, 2.05) is 6.92 Å². The fraction of sp³-hybridized carbons (Fsp3) is 0.412. The fourth-order valence-corrected chi connectivity index (χ4v) is 2.82. The predicted octanol–water partition coefficient (Wildman–Crippen LogP) is 2.76. The maximum absolute atomic E-state index is 12.7. The van der Waals surface area contributed by atoms with Crippen molar-refractivity contribution in [2.24, 2.45) is 11.8 Å². The van der Waals surface area contributed by atoms with Crippen LogP contribution in [0.4, 0.5) is 18.9 Å². The lowest BCUT2D eigenvalue weighted by molar-refractivity contribution is -0.313. The smallest absolute Gasteiger partial charge is 0.416 e. The first-order valence-electron chi connectivity index (χ1n) is 7.43. The van der Waals surface area contributed by atoms with Gasteiger partial charge in [-0.15, -0.1) is 0 Å². The van der Waals surface area contributed by atoms with Crippen molar-refractivity contribution >= 4 is 17.6 Å². The second-order valence-corrected chi connectivity index (χ2v) is 6.07. The number of hydrogen-bond acceptors (Lipinski definition) is 3. The van der Waals surface area contributed by atoms with E-state index < -0.39 is 35.5 Å². The Balaban J connectivity index is 2.21. The Hall–Kier alpha value is -2.31. The summed E-state index contributed by atoms with van der Waals surface area (Å²) in [6.07, 6.45) is -4.07. The maximum atomic E-state index is 12.7. The van der Waals surface area contributed by atoms with Gasteiger partial charge in [-0.25, -0.2) is 0 Å². The zero-order chi connectivity index (χ0) is 18.1. The lowest BCUT2D eigenvalue weighted by atomic mass is 9.76. The van der Waals surface area contributed by atoms with Crippen LogP contribution in [0.3, 0.4) is 0 Å². The molecule has 0 fully saturated rings. The van der Waals surface area contributed by atoms with Gasteiger partial charge in [-0.2, -0.15) is 13.2 Å². The van der Waals surface area contributed by atoms with Crippen molar-refractivity contribution in [1.29, 1.82) is 0 Å². The van der Waals surface area contributed by atoms with Gasteiger partial charge in [0.25, 0.3) is 0 Å². The zero-order valence-electron chi connectivity index (χ0n) is 13.2. The number of rotatable bonds is 3. The Kier molecular flexibility index (Phi) is 5.01. The normalized spacial score (nSPS) is 21.5. The number of alkyl halides is 3. The number of anilines is 1. The third-order valence-corrected chi connectivity index (χ3v) is 4.36. The van der Waals surface area contributed by atoms with Crippen LogP contribution in [-0.2, 0) is 15.8 Å². The van der Waals surface area contributed by atoms with Gasteiger partial charge in [0.1, 0.15) is 0 Å². The summed E-state index contributed by atoms with van der Waals surface area (Å²) in [5.41, 5.74) is 0.909. The molecular formula is C17H17F3NO3-. The molecule has 0 saturated heterocycles. The summed E-state index contributed by atoms with van der Waals surface area (Å²) in [5.74, 6) is -3.80. The van der Waals surface area contributed by atoms with Gasteiger partial charge >= 0.3 is 6.18 Å². The molecule has 1 aliphatic rings. The molecule has 0 bridgehead atoms. The monoisotopic (exact) mass is 340 g/mol. The van der Waals surface area contributed by atoms with Crippen molar-refractivity contribution in [2.45, 2.75) is 32.9 Å². The summed E-state index contributed by atoms with van der Waals surface area (Å²) in [5, 5.41) is 13.7. The molecule has 0 aromatic heterocycles. The van der Waals surface area contributed by atoms with Crippen LogP contribution >= 0.6 is 0 Å². The van der Waals surface area contributed by atoms with Crippen LogP contribution in [0.25, 0.3) is 0 Å². The number of benzene rings is 1. The molecule has 1 amide bonds. The van der Waals surface area contributed by atoms with Gasteiger partial charge in [0.2, 0.25) is 5.91 Å². The molecule has 24 heavy (non-hydrogen) atoms. The number of carboxylic acids is 1. The maximum Gasteiger partial charge on any atom is 0.416 e. The Morgan fingerprint density at radius 3 is 2.25 bits per heavy atom. The van der Waals surface area contributed by atoms with E-state index in [4.69, 9.17) is 0 Å². The van der Waals surface area contributed by atoms with Gasteiger partial charge in [-0.3, -0.25) is 4.79 Å². The molecule has 130 valence electrons. The number of amides is 1. The summed E-state index contributed by atoms with van der Waals surface area (Å²) in [6, 6.07) is 4.24. The molecule has 2 atom stereocenters. The van der Waals surface area contributed by atoms with Crippen molar-refractivity contribution < 1.29 is 27.9 Å². The van der Waals surface area contributed by atoms with Crippen LogP contribution in [0.2, 0.25) is 0 Å². The van der Waals surface area contributed by atoms with Gasteiger partial charge < -0.3 is 15.2 Å². The lowest BCUT2D eigenvalue weighted by Gasteiger charge is -2.32. The number of nitrogens with one attached hydrogen (secondary N) is 1. The molecule has 0 saturated carbocycles. The average Bonchev–Trinajstić information content (AvgIpc) is 2.48. The average molecular weight is 340 g/mol. The third-order valence-electron chi connectivity index (χ3n) is 4.36. The first kappa shape index (κ1) is 18.0. The summed E-state index contributed by atoms with van der Waals surface area (Å²) in [6.45, 7) is 3.61. The van der Waals surface area contributed by atoms with Crippen LogP contribution in [0.1, 0.15) is 32.3 Å². The van der Waals surface area contributed by atoms with Crippen molar-refractivity contribution in [3.8, 4) is 0 Å². The van der Waals surface area contributed by atoms with Crippen molar-refractivity contribution in [3.05, 3.63) is 41.0 Å². The Morgan fingerprint density at radius 1 is 1.12 bits per heavy atom. The highest BCUT2D eigenvalue weighted by Gasteiger charge is 2.34. The molecule has 0 unspecified atom stereocenters. The van der Waals surface area contributed by atoms with Crippen LogP contribution in [0.15, 0.2) is 35.4 Å². The van der Waals surface area contributed by atoms with E-state index in [0.717, 1.165) is 23.3 Å². The van der Waals surface area contributed by atoms with E-state index in [9.17, 15) is 27.9 Å². The number of halogens is 3. The Labute approximate surface area is 137 Å². The highest BCUT2D eigenvalue weighted by Crippen LogP contribution is 2.35. The number of carbonyl (C=O) groups excluding carboxylic acids is 2. The lowest BCUT2D eigenvalue weighted by Crippen LogP contribution is -2.42. The molecular weight excluding hydrogens is 323 g/mol. The quantitative estimate of drug-likeness (QED) is 0.860. The first-order valence-corrected chi connectivity index (χ1v) is 7.43. The number of carboxylic acid groups (broad SMARTS) is 1. The van der Waals surface area contributed by atoms with Gasteiger partial charge in [-0.05, 0) is 44.9 Å². The minimum atomic E-state index is -4.52. The van der Waals surface area contributed by atoms with E-state index >= 15 is 0 Å². The number of aliphatic carboxylic acids is 1. The number of allylic oxidation sites excluding steroid dienone is 2. The summed E-state index contributed by atoms with van der Waals surface area (Å²) >= 11 is 0. The van der Waals surface area contributed by atoms with E-state index in [-0.39, 0.29) is 18.5 Å². The first-order chi connectivity index (χ1) is 11.1. The zero-order valence-corrected chi connectivity index (χ0v) is 13.2. The van der Waals surface area contributed by atoms with Crippen LogP contribution < -0.4 is 10.4 Å². The summed E-state index contributed by atoms with van der Waals surface area (Å²) in [4.78, 5) is 23.7. The Morgan fingerprint density at radius 2 is 1.71 bits per heavy atom. The van der Waals surface area contributed by atoms with Crippen molar-refractivity contribution in [1.82, 2.24) is 0 Å². The van der Waals surface area contributed by atoms with Crippen molar-refractivity contribution in [2.75, 3.05) is 5.32 Å². The molecule has 1 aliphatic carbocycles. The molecule has 1 aromatic carbocycles. The second kappa shape index (κ2) is 6.67. The standard InChI is InChI=1S/C17H18F3NO3/c1-9-6-13(14(16(23)24)7-10(9)2)15(22)21-12-5-3-4-11(8-12)17(18,19)20/h3-5,8,13-14H,6-7H2,1-2H3,(H,21,22)(H,23,24)/p-1/t13-,14+/m0/s1. The van der Waals surface area contributed by atoms with Crippen molar-refractivity contribution in [3.63, 3.8) is 0 Å². The second-order valence-electron chi connectivity index (χ2n) is 6.07. The van der Waals surface area contributed by atoms with E-state index in [2.05, 4.69) is 5.32 Å². The minimum Gasteiger partial charge on any atom is -0.550 e. The molecule has 7 heteroatoms. The van der Waals surface area contributed by atoms with E-state index in [1.54, 1.807) is 6.92 Å². The van der Waals surface area contributed by atoms with Gasteiger partial charge in [0.05, 0.1) is 11.5 Å². The molecule has 4 nitrogen and oxygen atoms in total. The molecule has 0 aliphatic heterocycles. The topological polar surface area (TPSA) is 69.2 Å². The highest BCUT2D eigenvalue weighted by molar-refractivity contribution is 5.95. The molecule has 1 N–H and O–H groups in total. The SMILES string of the molecule is CC1=C(C)C[C@@H](C(=O)[O-])[C@@H](C(=O)Nc2cccc(C(F)(F)F)c2)C1. The van der Waals surface area contributed by atoms with Crippen LogP contribution in [0.5, 0.6) is 0 Å². The van der Waals surface area contributed by atoms with Gasteiger partial charge in [0, 0.05) is 17.6 Å². The summed E-state index contributed by atoms with van der Waals surface area (Å²) in [7, 11) is 0. The number of hydrogen-bond donors (Lipinski definition) is 1. The van der Waals surface area contributed by atoms with E-state index in [1.165, 1.54) is 12.1 Å².